The second-order valence-electron chi connectivity index (χ2n) is 5.18. The topological polar surface area (TPSA) is 21.3 Å². The van der Waals surface area contributed by atoms with Crippen LogP contribution in [0.25, 0.3) is 0 Å². The van der Waals surface area contributed by atoms with Crippen LogP contribution in [0.2, 0.25) is 0 Å². The van der Waals surface area contributed by atoms with Crippen molar-refractivity contribution in [1.29, 1.82) is 0 Å². The monoisotopic (exact) mass is 243 g/mol. The number of ether oxygens (including phenoxy) is 1. The van der Waals surface area contributed by atoms with Gasteiger partial charge in [-0.1, -0.05) is 40.5 Å². The van der Waals surface area contributed by atoms with Crippen LogP contribution in [0.15, 0.2) is 0 Å². The largest absolute Gasteiger partial charge is 0.381 e. The molecular formula is C15H33NO. The number of rotatable bonds is 12. The van der Waals surface area contributed by atoms with Crippen LogP contribution in [-0.4, -0.2) is 25.8 Å². The second-order valence-corrected chi connectivity index (χ2v) is 5.18. The summed E-state index contributed by atoms with van der Waals surface area (Å²) in [4.78, 5) is 0. The Morgan fingerprint density at radius 1 is 0.941 bits per heavy atom. The van der Waals surface area contributed by atoms with Gasteiger partial charge in [0, 0.05) is 19.3 Å². The number of nitrogens with one attached hydrogen (secondary N) is 1. The van der Waals surface area contributed by atoms with Gasteiger partial charge in [-0.25, -0.2) is 0 Å². The van der Waals surface area contributed by atoms with Gasteiger partial charge < -0.3 is 10.1 Å². The van der Waals surface area contributed by atoms with E-state index >= 15 is 0 Å². The standard InChI is InChI=1S/C15H33NO/c1-5-8-14(4)13-15(16-10-6-2)9-12-17-11-7-3/h14-16H,5-13H2,1-4H3. The first-order chi connectivity index (χ1) is 8.24. The SMILES string of the molecule is CCCNC(CCOCCC)CC(C)CCC. The predicted molar refractivity (Wildman–Crippen MR) is 76.5 cm³/mol. The van der Waals surface area contributed by atoms with Crippen LogP contribution < -0.4 is 5.32 Å². The molecule has 0 radical (unpaired) electrons. The molecule has 1 N–H and O–H groups in total. The van der Waals surface area contributed by atoms with Crippen LogP contribution in [0.1, 0.15) is 66.2 Å². The summed E-state index contributed by atoms with van der Waals surface area (Å²) >= 11 is 0. The average Bonchev–Trinajstić information content (AvgIpc) is 2.31. The Morgan fingerprint density at radius 2 is 1.71 bits per heavy atom. The van der Waals surface area contributed by atoms with Crippen molar-refractivity contribution < 1.29 is 4.74 Å². The van der Waals surface area contributed by atoms with E-state index in [4.69, 9.17) is 4.74 Å². The minimum absolute atomic E-state index is 0.647. The molecule has 0 amide bonds. The van der Waals surface area contributed by atoms with E-state index in [1.807, 2.05) is 0 Å². The fourth-order valence-electron chi connectivity index (χ4n) is 2.22. The Kier molecular flexibility index (Phi) is 12.3. The highest BCUT2D eigenvalue weighted by Crippen LogP contribution is 2.14. The van der Waals surface area contributed by atoms with Gasteiger partial charge in [-0.05, 0) is 38.1 Å². The zero-order valence-electron chi connectivity index (χ0n) is 12.4. The van der Waals surface area contributed by atoms with E-state index in [0.717, 1.165) is 38.5 Å². The van der Waals surface area contributed by atoms with E-state index in [1.54, 1.807) is 0 Å². The van der Waals surface area contributed by atoms with Crippen molar-refractivity contribution in [2.24, 2.45) is 5.92 Å². The second kappa shape index (κ2) is 12.4. The van der Waals surface area contributed by atoms with E-state index in [0.29, 0.717) is 6.04 Å². The van der Waals surface area contributed by atoms with Crippen molar-refractivity contribution in [3.63, 3.8) is 0 Å². The first-order valence-corrected chi connectivity index (χ1v) is 7.55. The van der Waals surface area contributed by atoms with Crippen LogP contribution in [0, 0.1) is 5.92 Å². The molecule has 0 aromatic heterocycles. The lowest BCUT2D eigenvalue weighted by Crippen LogP contribution is -2.32. The first kappa shape index (κ1) is 16.9. The van der Waals surface area contributed by atoms with E-state index < -0.39 is 0 Å². The van der Waals surface area contributed by atoms with Gasteiger partial charge in [-0.3, -0.25) is 0 Å². The fraction of sp³-hybridized carbons (Fsp3) is 1.00. The molecule has 2 atom stereocenters. The maximum Gasteiger partial charge on any atom is 0.0480 e. The molecule has 2 heteroatoms. The van der Waals surface area contributed by atoms with Gasteiger partial charge >= 0.3 is 0 Å². The van der Waals surface area contributed by atoms with Gasteiger partial charge in [0.25, 0.3) is 0 Å². The molecule has 2 nitrogen and oxygen atoms in total. The molecule has 0 saturated heterocycles. The highest BCUT2D eigenvalue weighted by molar-refractivity contribution is 4.70. The Morgan fingerprint density at radius 3 is 2.29 bits per heavy atom. The van der Waals surface area contributed by atoms with Gasteiger partial charge in [-0.2, -0.15) is 0 Å². The van der Waals surface area contributed by atoms with Crippen LogP contribution in [0.4, 0.5) is 0 Å². The van der Waals surface area contributed by atoms with Crippen molar-refractivity contribution in [3.05, 3.63) is 0 Å². The molecule has 0 aliphatic heterocycles. The molecular weight excluding hydrogens is 210 g/mol. The molecule has 0 aromatic carbocycles. The first-order valence-electron chi connectivity index (χ1n) is 7.55. The molecule has 0 spiro atoms. The molecule has 0 fully saturated rings. The van der Waals surface area contributed by atoms with E-state index in [-0.39, 0.29) is 0 Å². The fourth-order valence-corrected chi connectivity index (χ4v) is 2.22. The minimum atomic E-state index is 0.647. The zero-order chi connectivity index (χ0) is 12.9. The van der Waals surface area contributed by atoms with Gasteiger partial charge in [-0.15, -0.1) is 0 Å². The quantitative estimate of drug-likeness (QED) is 0.523. The summed E-state index contributed by atoms with van der Waals surface area (Å²) in [5.41, 5.74) is 0. The molecule has 17 heavy (non-hydrogen) atoms. The third-order valence-electron chi connectivity index (χ3n) is 3.11. The van der Waals surface area contributed by atoms with Gasteiger partial charge in [0.1, 0.15) is 0 Å². The van der Waals surface area contributed by atoms with Gasteiger partial charge in [0.15, 0.2) is 0 Å². The third kappa shape index (κ3) is 10.8. The highest BCUT2D eigenvalue weighted by Gasteiger charge is 2.11. The minimum Gasteiger partial charge on any atom is -0.381 e. The third-order valence-corrected chi connectivity index (χ3v) is 3.11. The lowest BCUT2D eigenvalue weighted by atomic mass is 9.95. The normalized spacial score (nSPS) is 14.8. The molecule has 2 unspecified atom stereocenters. The van der Waals surface area contributed by atoms with E-state index in [2.05, 4.69) is 33.0 Å². The summed E-state index contributed by atoms with van der Waals surface area (Å²) in [6.07, 6.45) is 7.44. The molecule has 0 saturated carbocycles. The molecule has 104 valence electrons. The van der Waals surface area contributed by atoms with Crippen molar-refractivity contribution in [1.82, 2.24) is 5.32 Å². The summed E-state index contributed by atoms with van der Waals surface area (Å²) in [5.74, 6) is 0.834. The Hall–Kier alpha value is -0.0800. The lowest BCUT2D eigenvalue weighted by Gasteiger charge is -2.22. The van der Waals surface area contributed by atoms with E-state index in [9.17, 15) is 0 Å². The van der Waals surface area contributed by atoms with Gasteiger partial charge in [0.2, 0.25) is 0 Å². The van der Waals surface area contributed by atoms with Crippen molar-refractivity contribution in [3.8, 4) is 0 Å². The van der Waals surface area contributed by atoms with Crippen molar-refractivity contribution in [2.45, 2.75) is 72.3 Å². The molecule has 0 bridgehead atoms. The molecule has 0 aliphatic rings. The smallest absolute Gasteiger partial charge is 0.0480 e. The number of hydrogen-bond acceptors (Lipinski definition) is 2. The maximum atomic E-state index is 5.59. The molecule has 0 aromatic rings. The Labute approximate surface area is 109 Å². The van der Waals surface area contributed by atoms with Gasteiger partial charge in [0.05, 0.1) is 0 Å². The summed E-state index contributed by atoms with van der Waals surface area (Å²) in [7, 11) is 0. The lowest BCUT2D eigenvalue weighted by molar-refractivity contribution is 0.121. The van der Waals surface area contributed by atoms with Crippen LogP contribution in [-0.2, 0) is 4.74 Å². The van der Waals surface area contributed by atoms with Crippen molar-refractivity contribution in [2.75, 3.05) is 19.8 Å². The Balaban J connectivity index is 3.78. The average molecular weight is 243 g/mol. The predicted octanol–water partition coefficient (Wildman–Crippen LogP) is 4.00. The summed E-state index contributed by atoms with van der Waals surface area (Å²) < 4.78 is 5.59. The highest BCUT2D eigenvalue weighted by atomic mass is 16.5. The van der Waals surface area contributed by atoms with Crippen LogP contribution in [0.3, 0.4) is 0 Å². The summed E-state index contributed by atoms with van der Waals surface area (Å²) in [5, 5.41) is 3.66. The van der Waals surface area contributed by atoms with Crippen LogP contribution >= 0.6 is 0 Å². The number of hydrogen-bond donors (Lipinski definition) is 1. The maximum absolute atomic E-state index is 5.59. The summed E-state index contributed by atoms with van der Waals surface area (Å²) in [6, 6.07) is 0.647. The molecule has 0 rings (SSSR count). The molecule has 0 heterocycles. The molecule has 0 aliphatic carbocycles. The van der Waals surface area contributed by atoms with Crippen LogP contribution in [0.5, 0.6) is 0 Å². The zero-order valence-corrected chi connectivity index (χ0v) is 12.4. The van der Waals surface area contributed by atoms with Crippen molar-refractivity contribution >= 4 is 0 Å². The van der Waals surface area contributed by atoms with E-state index in [1.165, 1.54) is 25.7 Å². The Bertz CT molecular complexity index is 150. The summed E-state index contributed by atoms with van der Waals surface area (Å²) in [6.45, 7) is 12.0.